The molecule has 2 aliphatic heterocycles. The van der Waals surface area contributed by atoms with E-state index in [9.17, 15) is 9.59 Å². The van der Waals surface area contributed by atoms with Crippen molar-refractivity contribution in [3.05, 3.63) is 35.9 Å². The van der Waals surface area contributed by atoms with Crippen LogP contribution < -0.4 is 10.9 Å². The Morgan fingerprint density at radius 3 is 1.76 bits per heavy atom. The third kappa shape index (κ3) is 2.22. The SMILES string of the molecule is CC1=NNC(=O)[C@H]1C(c1ccccc1)[C@@H]1C(=O)NN=C1C. The summed E-state index contributed by atoms with van der Waals surface area (Å²) in [7, 11) is 0. The summed E-state index contributed by atoms with van der Waals surface area (Å²) in [5, 5.41) is 8.02. The predicted octanol–water partition coefficient (Wildman–Crippen LogP) is 1.01. The molecule has 0 bridgehead atoms. The molecule has 0 aromatic heterocycles. The van der Waals surface area contributed by atoms with Gasteiger partial charge in [-0.3, -0.25) is 9.59 Å². The minimum absolute atomic E-state index is 0.172. The molecule has 0 fully saturated rings. The fourth-order valence-corrected chi connectivity index (χ4v) is 3.04. The maximum absolute atomic E-state index is 12.2. The average molecular weight is 284 g/mol. The van der Waals surface area contributed by atoms with Crippen molar-refractivity contribution in [1.29, 1.82) is 0 Å². The lowest BCUT2D eigenvalue weighted by Crippen LogP contribution is -2.38. The lowest BCUT2D eigenvalue weighted by molar-refractivity contribution is -0.124. The molecule has 2 atom stereocenters. The Hall–Kier alpha value is -2.50. The standard InChI is InChI=1S/C15H16N4O2/c1-8-11(14(20)18-16-8)13(10-6-4-3-5-7-10)12-9(2)17-19-15(12)21/h3-7,11-13H,1-2H3,(H,18,20)(H,19,21)/t11-,12-/m1/s1. The summed E-state index contributed by atoms with van der Waals surface area (Å²) in [4.78, 5) is 24.3. The summed E-state index contributed by atoms with van der Waals surface area (Å²) >= 11 is 0. The maximum Gasteiger partial charge on any atom is 0.249 e. The molecular formula is C15H16N4O2. The minimum atomic E-state index is -0.452. The molecule has 0 unspecified atom stereocenters. The van der Waals surface area contributed by atoms with Gasteiger partial charge in [-0.25, -0.2) is 10.9 Å². The second kappa shape index (κ2) is 5.12. The third-order valence-corrected chi connectivity index (χ3v) is 4.05. The van der Waals surface area contributed by atoms with E-state index in [-0.39, 0.29) is 17.7 Å². The molecule has 0 aliphatic carbocycles. The van der Waals surface area contributed by atoms with Gasteiger partial charge in [0.1, 0.15) is 0 Å². The van der Waals surface area contributed by atoms with Crippen LogP contribution in [0.4, 0.5) is 0 Å². The lowest BCUT2D eigenvalue weighted by atomic mass is 9.73. The number of hydrogen-bond donors (Lipinski definition) is 2. The van der Waals surface area contributed by atoms with Gasteiger partial charge in [-0.05, 0) is 19.4 Å². The van der Waals surface area contributed by atoms with Crippen molar-refractivity contribution in [2.45, 2.75) is 19.8 Å². The van der Waals surface area contributed by atoms with Gasteiger partial charge < -0.3 is 0 Å². The molecule has 6 nitrogen and oxygen atoms in total. The summed E-state index contributed by atoms with van der Waals surface area (Å²) in [5.41, 5.74) is 7.33. The maximum atomic E-state index is 12.2. The van der Waals surface area contributed by atoms with E-state index in [0.717, 1.165) is 5.56 Å². The quantitative estimate of drug-likeness (QED) is 0.868. The van der Waals surface area contributed by atoms with Gasteiger partial charge in [0.25, 0.3) is 0 Å². The monoisotopic (exact) mass is 284 g/mol. The summed E-state index contributed by atoms with van der Waals surface area (Å²) in [6, 6.07) is 9.58. The van der Waals surface area contributed by atoms with Gasteiger partial charge in [-0.1, -0.05) is 30.3 Å². The van der Waals surface area contributed by atoms with Gasteiger partial charge in [0.2, 0.25) is 11.8 Å². The van der Waals surface area contributed by atoms with Crippen molar-refractivity contribution in [3.8, 4) is 0 Å². The normalized spacial score (nSPS) is 24.7. The van der Waals surface area contributed by atoms with Crippen molar-refractivity contribution in [2.24, 2.45) is 22.0 Å². The second-order valence-corrected chi connectivity index (χ2v) is 5.35. The van der Waals surface area contributed by atoms with E-state index >= 15 is 0 Å². The Labute approximate surface area is 122 Å². The molecule has 1 aromatic rings. The van der Waals surface area contributed by atoms with Crippen molar-refractivity contribution < 1.29 is 9.59 Å². The number of hydrazone groups is 2. The first-order valence-electron chi connectivity index (χ1n) is 6.82. The molecule has 3 rings (SSSR count). The summed E-state index contributed by atoms with van der Waals surface area (Å²) < 4.78 is 0. The van der Waals surface area contributed by atoms with Crippen LogP contribution in [0.2, 0.25) is 0 Å². The number of benzene rings is 1. The van der Waals surface area contributed by atoms with E-state index in [1.165, 1.54) is 0 Å². The van der Waals surface area contributed by atoms with Gasteiger partial charge >= 0.3 is 0 Å². The Bertz CT molecular complexity index is 613. The Morgan fingerprint density at radius 1 is 0.905 bits per heavy atom. The van der Waals surface area contributed by atoms with Crippen LogP contribution in [0.15, 0.2) is 40.5 Å². The van der Waals surface area contributed by atoms with Crippen molar-refractivity contribution >= 4 is 23.2 Å². The van der Waals surface area contributed by atoms with Gasteiger partial charge in [0.15, 0.2) is 0 Å². The molecule has 108 valence electrons. The molecule has 6 heteroatoms. The van der Waals surface area contributed by atoms with Gasteiger partial charge in [0.05, 0.1) is 11.8 Å². The van der Waals surface area contributed by atoms with Gasteiger partial charge in [-0.2, -0.15) is 10.2 Å². The second-order valence-electron chi connectivity index (χ2n) is 5.35. The van der Waals surface area contributed by atoms with Crippen LogP contribution in [-0.4, -0.2) is 23.2 Å². The smallest absolute Gasteiger partial charge is 0.249 e. The zero-order chi connectivity index (χ0) is 15.0. The van der Waals surface area contributed by atoms with E-state index in [1.807, 2.05) is 30.3 Å². The Balaban J connectivity index is 2.08. The number of hydrogen-bond acceptors (Lipinski definition) is 4. The van der Waals surface area contributed by atoms with Crippen LogP contribution in [0.5, 0.6) is 0 Å². The van der Waals surface area contributed by atoms with Crippen LogP contribution in [-0.2, 0) is 9.59 Å². The zero-order valence-electron chi connectivity index (χ0n) is 11.8. The molecule has 1 aromatic carbocycles. The van der Waals surface area contributed by atoms with Crippen LogP contribution >= 0.6 is 0 Å². The highest BCUT2D eigenvalue weighted by Gasteiger charge is 2.45. The first-order chi connectivity index (χ1) is 10.1. The van der Waals surface area contributed by atoms with Gasteiger partial charge in [-0.15, -0.1) is 0 Å². The molecule has 2 aliphatic rings. The van der Waals surface area contributed by atoms with Crippen molar-refractivity contribution in [1.82, 2.24) is 10.9 Å². The van der Waals surface area contributed by atoms with E-state index in [0.29, 0.717) is 11.4 Å². The first-order valence-corrected chi connectivity index (χ1v) is 6.82. The highest BCUT2D eigenvalue weighted by molar-refractivity contribution is 6.12. The van der Waals surface area contributed by atoms with E-state index in [2.05, 4.69) is 21.1 Å². The van der Waals surface area contributed by atoms with Crippen LogP contribution in [0.1, 0.15) is 25.3 Å². The van der Waals surface area contributed by atoms with E-state index in [1.54, 1.807) is 13.8 Å². The minimum Gasteiger partial charge on any atom is -0.272 e. The number of rotatable bonds is 3. The summed E-state index contributed by atoms with van der Waals surface area (Å²) in [6.07, 6.45) is 0. The fraction of sp³-hybridized carbons (Fsp3) is 0.333. The van der Waals surface area contributed by atoms with Gasteiger partial charge in [0, 0.05) is 17.3 Å². The largest absolute Gasteiger partial charge is 0.272 e. The Kier molecular flexibility index (Phi) is 3.29. The first kappa shape index (κ1) is 13.5. The highest BCUT2D eigenvalue weighted by atomic mass is 16.2. The van der Waals surface area contributed by atoms with Crippen LogP contribution in [0, 0.1) is 11.8 Å². The number of nitrogens with zero attached hydrogens (tertiary/aromatic N) is 2. The third-order valence-electron chi connectivity index (χ3n) is 4.05. The molecule has 0 spiro atoms. The highest BCUT2D eigenvalue weighted by Crippen LogP contribution is 2.37. The van der Waals surface area contributed by atoms with E-state index in [4.69, 9.17) is 0 Å². The molecule has 0 saturated heterocycles. The summed E-state index contributed by atoms with van der Waals surface area (Å²) in [5.74, 6) is -1.55. The average Bonchev–Trinajstić information content (AvgIpc) is 2.98. The number of carbonyl (C=O) groups excluding carboxylic acids is 2. The molecule has 21 heavy (non-hydrogen) atoms. The lowest BCUT2D eigenvalue weighted by Gasteiger charge is -2.26. The molecule has 0 radical (unpaired) electrons. The number of carbonyl (C=O) groups is 2. The molecule has 0 saturated carbocycles. The van der Waals surface area contributed by atoms with Crippen LogP contribution in [0.25, 0.3) is 0 Å². The number of nitrogens with one attached hydrogen (secondary N) is 2. The molecular weight excluding hydrogens is 268 g/mol. The summed E-state index contributed by atoms with van der Waals surface area (Å²) in [6.45, 7) is 3.61. The predicted molar refractivity (Wildman–Crippen MR) is 78.7 cm³/mol. The van der Waals surface area contributed by atoms with E-state index < -0.39 is 11.8 Å². The molecule has 2 N–H and O–H groups in total. The fourth-order valence-electron chi connectivity index (χ4n) is 3.04. The van der Waals surface area contributed by atoms with Crippen molar-refractivity contribution in [3.63, 3.8) is 0 Å². The zero-order valence-corrected chi connectivity index (χ0v) is 11.8. The molecule has 2 amide bonds. The number of amides is 2. The Morgan fingerprint density at radius 2 is 1.38 bits per heavy atom. The molecule has 2 heterocycles. The topological polar surface area (TPSA) is 82.9 Å². The van der Waals surface area contributed by atoms with Crippen molar-refractivity contribution in [2.75, 3.05) is 0 Å². The van der Waals surface area contributed by atoms with Crippen LogP contribution in [0.3, 0.4) is 0 Å².